The van der Waals surface area contributed by atoms with Crippen LogP contribution in [0.25, 0.3) is 0 Å². The highest BCUT2D eigenvalue weighted by Gasteiger charge is 2.44. The summed E-state index contributed by atoms with van der Waals surface area (Å²) in [6, 6.07) is 3.05. The normalized spacial score (nSPS) is 35.4. The predicted molar refractivity (Wildman–Crippen MR) is 60.8 cm³/mol. The first-order valence-corrected chi connectivity index (χ1v) is 6.33. The molecule has 2 atom stereocenters. The molecule has 2 heteroatoms. The second kappa shape index (κ2) is 2.83. The summed E-state index contributed by atoms with van der Waals surface area (Å²) in [5, 5.41) is 3.70. The van der Waals surface area contributed by atoms with E-state index in [1.807, 2.05) is 11.3 Å². The Morgan fingerprint density at radius 2 is 2.43 bits per heavy atom. The molecule has 0 radical (unpaired) electrons. The van der Waals surface area contributed by atoms with E-state index >= 15 is 0 Å². The molecule has 14 heavy (non-hydrogen) atoms. The topological polar surface area (TPSA) is 12.0 Å². The van der Waals surface area contributed by atoms with Gasteiger partial charge in [0.2, 0.25) is 0 Å². The Morgan fingerprint density at radius 3 is 3.29 bits per heavy atom. The summed E-state index contributed by atoms with van der Waals surface area (Å²) in [5.74, 6) is 0. The van der Waals surface area contributed by atoms with Crippen LogP contribution in [0.15, 0.2) is 6.07 Å². The number of hydrogen-bond donors (Lipinski definition) is 1. The quantitative estimate of drug-likeness (QED) is 0.689. The summed E-state index contributed by atoms with van der Waals surface area (Å²) < 4.78 is 0. The molecule has 1 aliphatic heterocycles. The Balaban J connectivity index is 2.04. The molecule has 0 aromatic carbocycles. The molecule has 76 valence electrons. The maximum absolute atomic E-state index is 3.70. The summed E-state index contributed by atoms with van der Waals surface area (Å²) in [7, 11) is 0. The molecule has 1 fully saturated rings. The van der Waals surface area contributed by atoms with Gasteiger partial charge in [-0.15, -0.1) is 11.3 Å². The molecule has 0 amide bonds. The molecule has 2 unspecified atom stereocenters. The van der Waals surface area contributed by atoms with Crippen LogP contribution in [0.2, 0.25) is 0 Å². The highest BCUT2D eigenvalue weighted by atomic mass is 32.1. The van der Waals surface area contributed by atoms with E-state index in [-0.39, 0.29) is 0 Å². The fourth-order valence-corrected chi connectivity index (χ4v) is 4.41. The Kier molecular flexibility index (Phi) is 1.80. The second-order valence-corrected chi connectivity index (χ2v) is 6.40. The molecule has 1 N–H and O–H groups in total. The Bertz CT molecular complexity index is 368. The zero-order valence-corrected chi connectivity index (χ0v) is 9.71. The van der Waals surface area contributed by atoms with Gasteiger partial charge in [-0.1, -0.05) is 6.92 Å². The van der Waals surface area contributed by atoms with Crippen molar-refractivity contribution >= 4 is 11.3 Å². The number of piperidine rings is 1. The molecule has 2 heterocycles. The molecule has 1 nitrogen and oxygen atoms in total. The van der Waals surface area contributed by atoms with E-state index in [0.717, 1.165) is 0 Å². The van der Waals surface area contributed by atoms with E-state index in [4.69, 9.17) is 0 Å². The lowest BCUT2D eigenvalue weighted by Gasteiger charge is -2.37. The van der Waals surface area contributed by atoms with Gasteiger partial charge in [0.05, 0.1) is 0 Å². The van der Waals surface area contributed by atoms with E-state index in [0.29, 0.717) is 11.5 Å². The van der Waals surface area contributed by atoms with Crippen LogP contribution in [0.4, 0.5) is 0 Å². The van der Waals surface area contributed by atoms with Crippen molar-refractivity contribution in [2.45, 2.75) is 39.2 Å². The fourth-order valence-electron chi connectivity index (χ4n) is 3.14. The number of rotatable bonds is 0. The first kappa shape index (κ1) is 8.93. The predicted octanol–water partition coefficient (Wildman–Crippen LogP) is 3.04. The molecule has 0 saturated carbocycles. The molecule has 1 aromatic heterocycles. The minimum absolute atomic E-state index is 0.521. The minimum atomic E-state index is 0.521. The summed E-state index contributed by atoms with van der Waals surface area (Å²) in [6.45, 7) is 5.88. The monoisotopic (exact) mass is 207 g/mol. The average Bonchev–Trinajstić information content (AvgIpc) is 2.57. The van der Waals surface area contributed by atoms with Crippen LogP contribution in [0.5, 0.6) is 0 Å². The van der Waals surface area contributed by atoms with Crippen molar-refractivity contribution in [1.82, 2.24) is 5.32 Å². The Hall–Kier alpha value is -0.340. The molecular weight excluding hydrogens is 190 g/mol. The number of aryl methyl sites for hydroxylation is 1. The van der Waals surface area contributed by atoms with Gasteiger partial charge in [-0.3, -0.25) is 0 Å². The SMILES string of the molecule is Cc1cc2c(s1)CC1(C)CCCNC21. The summed E-state index contributed by atoms with van der Waals surface area (Å²) in [5.41, 5.74) is 2.13. The lowest BCUT2D eigenvalue weighted by Crippen LogP contribution is -2.39. The first-order chi connectivity index (χ1) is 6.69. The Labute approximate surface area is 89.5 Å². The van der Waals surface area contributed by atoms with Crippen molar-refractivity contribution in [2.24, 2.45) is 5.41 Å². The lowest BCUT2D eigenvalue weighted by molar-refractivity contribution is 0.178. The van der Waals surface area contributed by atoms with Gasteiger partial charge in [-0.2, -0.15) is 0 Å². The van der Waals surface area contributed by atoms with Crippen molar-refractivity contribution < 1.29 is 0 Å². The number of nitrogens with one attached hydrogen (secondary N) is 1. The third kappa shape index (κ3) is 1.10. The van der Waals surface area contributed by atoms with Gasteiger partial charge in [0.25, 0.3) is 0 Å². The summed E-state index contributed by atoms with van der Waals surface area (Å²) in [6.07, 6.45) is 4.05. The molecule has 3 rings (SSSR count). The van der Waals surface area contributed by atoms with Gasteiger partial charge in [0, 0.05) is 15.8 Å². The van der Waals surface area contributed by atoms with E-state index in [2.05, 4.69) is 25.2 Å². The van der Waals surface area contributed by atoms with Crippen molar-refractivity contribution in [2.75, 3.05) is 6.54 Å². The minimum Gasteiger partial charge on any atom is -0.309 e. The maximum Gasteiger partial charge on any atom is 0.0389 e. The molecule has 1 saturated heterocycles. The van der Waals surface area contributed by atoms with Gasteiger partial charge in [0.15, 0.2) is 0 Å². The van der Waals surface area contributed by atoms with Crippen molar-refractivity contribution in [1.29, 1.82) is 0 Å². The van der Waals surface area contributed by atoms with Gasteiger partial charge in [-0.05, 0) is 49.8 Å². The molecule has 0 bridgehead atoms. The molecule has 2 aliphatic rings. The first-order valence-electron chi connectivity index (χ1n) is 5.52. The number of fused-ring (bicyclic) bond motifs is 3. The Morgan fingerprint density at radius 1 is 1.57 bits per heavy atom. The smallest absolute Gasteiger partial charge is 0.0389 e. The van der Waals surface area contributed by atoms with Crippen LogP contribution < -0.4 is 5.32 Å². The average molecular weight is 207 g/mol. The van der Waals surface area contributed by atoms with Gasteiger partial charge in [-0.25, -0.2) is 0 Å². The van der Waals surface area contributed by atoms with Gasteiger partial charge >= 0.3 is 0 Å². The van der Waals surface area contributed by atoms with E-state index in [1.54, 1.807) is 10.4 Å². The third-order valence-corrected chi connectivity index (χ3v) is 4.88. The van der Waals surface area contributed by atoms with Crippen LogP contribution in [-0.2, 0) is 6.42 Å². The molecule has 1 aromatic rings. The fraction of sp³-hybridized carbons (Fsp3) is 0.667. The summed E-state index contributed by atoms with van der Waals surface area (Å²) >= 11 is 2.00. The van der Waals surface area contributed by atoms with Gasteiger partial charge in [0.1, 0.15) is 0 Å². The van der Waals surface area contributed by atoms with Crippen LogP contribution in [-0.4, -0.2) is 6.54 Å². The third-order valence-electron chi connectivity index (χ3n) is 3.81. The van der Waals surface area contributed by atoms with Crippen molar-refractivity contribution in [3.63, 3.8) is 0 Å². The van der Waals surface area contributed by atoms with Crippen molar-refractivity contribution in [3.05, 3.63) is 21.4 Å². The lowest BCUT2D eigenvalue weighted by atomic mass is 9.76. The molecule has 1 aliphatic carbocycles. The largest absolute Gasteiger partial charge is 0.309 e. The zero-order chi connectivity index (χ0) is 9.76. The summed E-state index contributed by atoms with van der Waals surface area (Å²) in [4.78, 5) is 3.12. The standard InChI is InChI=1S/C12H17NS/c1-8-6-9-10(14-8)7-12(2)4-3-5-13-11(9)12/h6,11,13H,3-5,7H2,1-2H3. The van der Waals surface area contributed by atoms with E-state index < -0.39 is 0 Å². The van der Waals surface area contributed by atoms with Crippen LogP contribution in [0, 0.1) is 12.3 Å². The van der Waals surface area contributed by atoms with E-state index in [1.165, 1.54) is 30.7 Å². The van der Waals surface area contributed by atoms with E-state index in [9.17, 15) is 0 Å². The van der Waals surface area contributed by atoms with Gasteiger partial charge < -0.3 is 5.32 Å². The van der Waals surface area contributed by atoms with Crippen LogP contribution >= 0.6 is 11.3 Å². The molecular formula is C12H17NS. The number of thiophene rings is 1. The number of hydrogen-bond acceptors (Lipinski definition) is 2. The highest BCUT2D eigenvalue weighted by Crippen LogP contribution is 2.52. The van der Waals surface area contributed by atoms with Crippen molar-refractivity contribution in [3.8, 4) is 0 Å². The zero-order valence-electron chi connectivity index (χ0n) is 8.89. The second-order valence-electron chi connectivity index (χ2n) is 5.06. The molecule has 0 spiro atoms. The van der Waals surface area contributed by atoms with Crippen LogP contribution in [0.1, 0.15) is 41.1 Å². The maximum atomic E-state index is 3.70. The highest BCUT2D eigenvalue weighted by molar-refractivity contribution is 7.12. The van der Waals surface area contributed by atoms with Crippen LogP contribution in [0.3, 0.4) is 0 Å².